The standard InChI is InChI=1S/C15H11N/c1-2-8-14-12(5-1)6-3-9-15(14)13-7-4-10-16-11-13/h1-11H. The first-order chi connectivity index (χ1) is 7.95. The van der Waals surface area contributed by atoms with Crippen LogP contribution in [0.2, 0.25) is 0 Å². The lowest BCUT2D eigenvalue weighted by atomic mass is 10.00. The Kier molecular flexibility index (Phi) is 2.15. The number of rotatable bonds is 1. The van der Waals surface area contributed by atoms with Crippen molar-refractivity contribution in [3.63, 3.8) is 0 Å². The molecule has 3 aromatic rings. The van der Waals surface area contributed by atoms with Gasteiger partial charge in [0.2, 0.25) is 0 Å². The second-order valence-corrected chi connectivity index (χ2v) is 3.77. The molecular weight excluding hydrogens is 194 g/mol. The Morgan fingerprint density at radius 3 is 2.50 bits per heavy atom. The molecule has 0 radical (unpaired) electrons. The summed E-state index contributed by atoms with van der Waals surface area (Å²) in [4.78, 5) is 4.17. The summed E-state index contributed by atoms with van der Waals surface area (Å²) in [5, 5.41) is 2.54. The molecule has 2 aromatic carbocycles. The largest absolute Gasteiger partial charge is 0.264 e. The predicted molar refractivity (Wildman–Crippen MR) is 67.2 cm³/mol. The summed E-state index contributed by atoms with van der Waals surface area (Å²) < 4.78 is 0. The van der Waals surface area contributed by atoms with E-state index in [0.29, 0.717) is 0 Å². The number of hydrogen-bond acceptors (Lipinski definition) is 1. The summed E-state index contributed by atoms with van der Waals surface area (Å²) in [6.45, 7) is 0. The highest BCUT2D eigenvalue weighted by atomic mass is 14.6. The van der Waals surface area contributed by atoms with Gasteiger partial charge in [0, 0.05) is 18.0 Å². The minimum absolute atomic E-state index is 1.17. The van der Waals surface area contributed by atoms with Crippen LogP contribution >= 0.6 is 0 Å². The number of aromatic nitrogens is 1. The van der Waals surface area contributed by atoms with E-state index in [1.54, 1.807) is 6.20 Å². The van der Waals surface area contributed by atoms with Gasteiger partial charge in [0.05, 0.1) is 0 Å². The zero-order chi connectivity index (χ0) is 10.8. The fraction of sp³-hybridized carbons (Fsp3) is 0. The lowest BCUT2D eigenvalue weighted by Gasteiger charge is -2.05. The van der Waals surface area contributed by atoms with E-state index >= 15 is 0 Å². The third-order valence-electron chi connectivity index (χ3n) is 2.76. The molecule has 16 heavy (non-hydrogen) atoms. The SMILES string of the molecule is c1cncc(-c2cccc3ccccc23)c1. The molecule has 0 unspecified atom stereocenters. The van der Waals surface area contributed by atoms with Gasteiger partial charge in [0.15, 0.2) is 0 Å². The molecule has 1 heteroatoms. The van der Waals surface area contributed by atoms with Gasteiger partial charge in [-0.05, 0) is 22.4 Å². The average Bonchev–Trinajstić information content (AvgIpc) is 2.39. The third kappa shape index (κ3) is 1.47. The summed E-state index contributed by atoms with van der Waals surface area (Å²) in [6.07, 6.45) is 3.70. The van der Waals surface area contributed by atoms with E-state index in [-0.39, 0.29) is 0 Å². The van der Waals surface area contributed by atoms with Gasteiger partial charge in [-0.25, -0.2) is 0 Å². The van der Waals surface area contributed by atoms with Crippen molar-refractivity contribution in [3.8, 4) is 11.1 Å². The van der Waals surface area contributed by atoms with Gasteiger partial charge in [-0.1, -0.05) is 48.5 Å². The predicted octanol–water partition coefficient (Wildman–Crippen LogP) is 3.90. The summed E-state index contributed by atoms with van der Waals surface area (Å²) in [7, 11) is 0. The van der Waals surface area contributed by atoms with Crippen LogP contribution < -0.4 is 0 Å². The highest BCUT2D eigenvalue weighted by Gasteiger charge is 2.01. The van der Waals surface area contributed by atoms with Crippen molar-refractivity contribution in [2.24, 2.45) is 0 Å². The number of benzene rings is 2. The van der Waals surface area contributed by atoms with E-state index in [1.165, 1.54) is 21.9 Å². The third-order valence-corrected chi connectivity index (χ3v) is 2.76. The van der Waals surface area contributed by atoms with Gasteiger partial charge in [0.1, 0.15) is 0 Å². The Morgan fingerprint density at radius 2 is 1.62 bits per heavy atom. The maximum absolute atomic E-state index is 4.17. The number of hydrogen-bond donors (Lipinski definition) is 0. The molecule has 0 saturated carbocycles. The average molecular weight is 205 g/mol. The molecule has 0 aliphatic carbocycles. The lowest BCUT2D eigenvalue weighted by molar-refractivity contribution is 1.33. The van der Waals surface area contributed by atoms with Crippen LogP contribution in [-0.4, -0.2) is 4.98 Å². The summed E-state index contributed by atoms with van der Waals surface area (Å²) in [5.41, 5.74) is 2.41. The van der Waals surface area contributed by atoms with Gasteiger partial charge in [-0.2, -0.15) is 0 Å². The van der Waals surface area contributed by atoms with E-state index in [2.05, 4.69) is 53.5 Å². The smallest absolute Gasteiger partial charge is 0.0346 e. The quantitative estimate of drug-likeness (QED) is 0.587. The van der Waals surface area contributed by atoms with Crippen LogP contribution in [0.25, 0.3) is 21.9 Å². The van der Waals surface area contributed by atoms with E-state index in [0.717, 1.165) is 0 Å². The van der Waals surface area contributed by atoms with Crippen molar-refractivity contribution < 1.29 is 0 Å². The maximum Gasteiger partial charge on any atom is 0.0346 e. The highest BCUT2D eigenvalue weighted by molar-refractivity contribution is 5.96. The van der Waals surface area contributed by atoms with Crippen LogP contribution in [-0.2, 0) is 0 Å². The molecule has 0 fully saturated rings. The lowest BCUT2D eigenvalue weighted by Crippen LogP contribution is -1.81. The Morgan fingerprint density at radius 1 is 0.750 bits per heavy atom. The fourth-order valence-corrected chi connectivity index (χ4v) is 2.00. The van der Waals surface area contributed by atoms with Gasteiger partial charge >= 0.3 is 0 Å². The van der Waals surface area contributed by atoms with Crippen LogP contribution in [0.15, 0.2) is 67.0 Å². The van der Waals surface area contributed by atoms with Crippen molar-refractivity contribution in [3.05, 3.63) is 67.0 Å². The van der Waals surface area contributed by atoms with Crippen molar-refractivity contribution in [1.82, 2.24) is 4.98 Å². The van der Waals surface area contributed by atoms with Gasteiger partial charge in [-0.15, -0.1) is 0 Å². The molecule has 3 rings (SSSR count). The number of nitrogens with zero attached hydrogens (tertiary/aromatic N) is 1. The Bertz CT molecular complexity index is 609. The maximum atomic E-state index is 4.17. The first-order valence-electron chi connectivity index (χ1n) is 5.33. The number of pyridine rings is 1. The van der Waals surface area contributed by atoms with Crippen LogP contribution in [0, 0.1) is 0 Å². The molecule has 76 valence electrons. The molecule has 0 spiro atoms. The minimum Gasteiger partial charge on any atom is -0.264 e. The van der Waals surface area contributed by atoms with Crippen LogP contribution in [0.1, 0.15) is 0 Å². The van der Waals surface area contributed by atoms with Gasteiger partial charge in [-0.3, -0.25) is 4.98 Å². The molecule has 0 aliphatic heterocycles. The Labute approximate surface area is 94.4 Å². The molecule has 0 saturated heterocycles. The summed E-state index contributed by atoms with van der Waals surface area (Å²) in [5.74, 6) is 0. The van der Waals surface area contributed by atoms with Crippen molar-refractivity contribution in [1.29, 1.82) is 0 Å². The van der Waals surface area contributed by atoms with Crippen LogP contribution in [0.5, 0.6) is 0 Å². The normalized spacial score (nSPS) is 10.5. The molecule has 0 aliphatic rings. The first-order valence-corrected chi connectivity index (χ1v) is 5.33. The molecule has 1 aromatic heterocycles. The molecule has 1 heterocycles. The zero-order valence-corrected chi connectivity index (χ0v) is 8.80. The summed E-state index contributed by atoms with van der Waals surface area (Å²) >= 11 is 0. The van der Waals surface area contributed by atoms with Crippen molar-refractivity contribution in [2.75, 3.05) is 0 Å². The van der Waals surface area contributed by atoms with Gasteiger partial charge < -0.3 is 0 Å². The topological polar surface area (TPSA) is 12.9 Å². The fourth-order valence-electron chi connectivity index (χ4n) is 2.00. The van der Waals surface area contributed by atoms with Crippen molar-refractivity contribution in [2.45, 2.75) is 0 Å². The van der Waals surface area contributed by atoms with E-state index in [4.69, 9.17) is 0 Å². The van der Waals surface area contributed by atoms with Crippen LogP contribution in [0.4, 0.5) is 0 Å². The molecule has 1 nitrogen and oxygen atoms in total. The minimum atomic E-state index is 1.17. The van der Waals surface area contributed by atoms with E-state index in [1.807, 2.05) is 12.3 Å². The second kappa shape index (κ2) is 3.78. The monoisotopic (exact) mass is 205 g/mol. The van der Waals surface area contributed by atoms with E-state index < -0.39 is 0 Å². The molecule has 0 amide bonds. The van der Waals surface area contributed by atoms with Crippen molar-refractivity contribution >= 4 is 10.8 Å². The van der Waals surface area contributed by atoms with Crippen LogP contribution in [0.3, 0.4) is 0 Å². The second-order valence-electron chi connectivity index (χ2n) is 3.77. The van der Waals surface area contributed by atoms with E-state index in [9.17, 15) is 0 Å². The Hall–Kier alpha value is -2.15. The molecule has 0 bridgehead atoms. The molecular formula is C15H11N. The molecule has 0 N–H and O–H groups in total. The number of fused-ring (bicyclic) bond motifs is 1. The zero-order valence-electron chi connectivity index (χ0n) is 8.80. The van der Waals surface area contributed by atoms with Gasteiger partial charge in [0.25, 0.3) is 0 Å². The first kappa shape index (κ1) is 9.10. The Balaban J connectivity index is 2.32. The highest BCUT2D eigenvalue weighted by Crippen LogP contribution is 2.27. The molecule has 0 atom stereocenters. The summed E-state index contributed by atoms with van der Waals surface area (Å²) in [6, 6.07) is 18.8.